The van der Waals surface area contributed by atoms with Gasteiger partial charge in [0.25, 0.3) is 5.91 Å². The van der Waals surface area contributed by atoms with Crippen LogP contribution in [0.25, 0.3) is 0 Å². The normalized spacial score (nSPS) is 23.9. The number of rotatable bonds is 4. The Balaban J connectivity index is 1.54. The molecule has 2 atom stereocenters. The maximum Gasteiger partial charge on any atom is 0.285 e. The van der Waals surface area contributed by atoms with E-state index in [0.29, 0.717) is 21.6 Å². The topological polar surface area (TPSA) is 76.0 Å². The fourth-order valence-corrected chi connectivity index (χ4v) is 7.34. The molecule has 1 amide bonds. The SMILES string of the molecule is O=C(COc1ccc(Cl)cc1)N=C1S[C@H]2CS(=O)(=O)C[C@@H]2N1c1ccc(F)cc1. The molecule has 4 rings (SSSR count). The quantitative estimate of drug-likeness (QED) is 0.706. The molecule has 0 radical (unpaired) electrons. The number of ether oxygens (including phenoxy) is 1. The summed E-state index contributed by atoms with van der Waals surface area (Å²) in [6, 6.07) is 11.9. The molecule has 29 heavy (non-hydrogen) atoms. The fourth-order valence-electron chi connectivity index (χ4n) is 3.28. The Morgan fingerprint density at radius 3 is 2.55 bits per heavy atom. The molecule has 0 N–H and O–H groups in total. The van der Waals surface area contributed by atoms with Crippen molar-refractivity contribution in [2.45, 2.75) is 11.3 Å². The van der Waals surface area contributed by atoms with Crippen LogP contribution in [0, 0.1) is 5.82 Å². The number of amidine groups is 1. The lowest BCUT2D eigenvalue weighted by molar-refractivity contribution is -0.119. The van der Waals surface area contributed by atoms with Gasteiger partial charge in [0.2, 0.25) is 0 Å². The van der Waals surface area contributed by atoms with Crippen LogP contribution >= 0.6 is 23.4 Å². The van der Waals surface area contributed by atoms with Crippen LogP contribution < -0.4 is 9.64 Å². The van der Waals surface area contributed by atoms with Crippen molar-refractivity contribution in [3.8, 4) is 5.75 Å². The number of fused-ring (bicyclic) bond motifs is 1. The van der Waals surface area contributed by atoms with Crippen molar-refractivity contribution in [3.05, 3.63) is 59.4 Å². The van der Waals surface area contributed by atoms with Gasteiger partial charge in [-0.3, -0.25) is 4.79 Å². The van der Waals surface area contributed by atoms with Crippen LogP contribution in [0.5, 0.6) is 5.75 Å². The lowest BCUT2D eigenvalue weighted by atomic mass is 10.2. The zero-order valence-electron chi connectivity index (χ0n) is 15.0. The van der Waals surface area contributed by atoms with Gasteiger partial charge in [-0.25, -0.2) is 12.8 Å². The van der Waals surface area contributed by atoms with E-state index in [0.717, 1.165) is 0 Å². The fraction of sp³-hybridized carbons (Fsp3) is 0.263. The second-order valence-electron chi connectivity index (χ2n) is 6.68. The van der Waals surface area contributed by atoms with Crippen LogP contribution in [-0.4, -0.2) is 48.9 Å². The molecule has 0 aromatic heterocycles. The lowest BCUT2D eigenvalue weighted by Crippen LogP contribution is -2.37. The van der Waals surface area contributed by atoms with Gasteiger partial charge in [-0.2, -0.15) is 4.99 Å². The molecule has 2 aliphatic heterocycles. The van der Waals surface area contributed by atoms with Crippen molar-refractivity contribution in [2.75, 3.05) is 23.0 Å². The number of amides is 1. The molecule has 2 aliphatic rings. The van der Waals surface area contributed by atoms with Gasteiger partial charge < -0.3 is 9.64 Å². The van der Waals surface area contributed by atoms with Crippen molar-refractivity contribution in [1.29, 1.82) is 0 Å². The van der Waals surface area contributed by atoms with Crippen LogP contribution in [0.4, 0.5) is 10.1 Å². The third-order valence-electron chi connectivity index (χ3n) is 4.57. The van der Waals surface area contributed by atoms with Gasteiger partial charge in [0.1, 0.15) is 11.6 Å². The van der Waals surface area contributed by atoms with Crippen molar-refractivity contribution >= 4 is 50.0 Å². The Labute approximate surface area is 176 Å². The van der Waals surface area contributed by atoms with E-state index in [9.17, 15) is 17.6 Å². The van der Waals surface area contributed by atoms with Crippen molar-refractivity contribution in [3.63, 3.8) is 0 Å². The number of hydrogen-bond donors (Lipinski definition) is 0. The smallest absolute Gasteiger partial charge is 0.285 e. The predicted molar refractivity (Wildman–Crippen MR) is 112 cm³/mol. The van der Waals surface area contributed by atoms with E-state index in [-0.39, 0.29) is 29.4 Å². The Kier molecular flexibility index (Phi) is 5.54. The number of sulfone groups is 1. The molecule has 2 heterocycles. The number of halogens is 2. The number of thioether (sulfide) groups is 1. The van der Waals surface area contributed by atoms with Crippen LogP contribution in [0.2, 0.25) is 5.02 Å². The highest BCUT2D eigenvalue weighted by Gasteiger charge is 2.49. The lowest BCUT2D eigenvalue weighted by Gasteiger charge is -2.24. The second-order valence-corrected chi connectivity index (χ2v) is 10.5. The largest absolute Gasteiger partial charge is 0.484 e. The van der Waals surface area contributed by atoms with E-state index in [4.69, 9.17) is 16.3 Å². The number of hydrogen-bond acceptors (Lipinski definition) is 5. The Bertz CT molecular complexity index is 1060. The average Bonchev–Trinajstić information content (AvgIpc) is 3.13. The Morgan fingerprint density at radius 2 is 1.86 bits per heavy atom. The summed E-state index contributed by atoms with van der Waals surface area (Å²) < 4.78 is 42.9. The minimum atomic E-state index is -3.17. The van der Waals surface area contributed by atoms with Crippen molar-refractivity contribution in [1.82, 2.24) is 0 Å². The molecule has 2 saturated heterocycles. The maximum atomic E-state index is 13.3. The first-order chi connectivity index (χ1) is 13.8. The molecule has 152 valence electrons. The zero-order valence-corrected chi connectivity index (χ0v) is 17.4. The summed E-state index contributed by atoms with van der Waals surface area (Å²) in [6.07, 6.45) is 0. The van der Waals surface area contributed by atoms with E-state index in [1.807, 2.05) is 0 Å². The molecule has 0 saturated carbocycles. The maximum absolute atomic E-state index is 13.3. The van der Waals surface area contributed by atoms with E-state index in [1.54, 1.807) is 41.3 Å². The van der Waals surface area contributed by atoms with E-state index < -0.39 is 21.6 Å². The van der Waals surface area contributed by atoms with Crippen molar-refractivity contribution < 1.29 is 22.3 Å². The van der Waals surface area contributed by atoms with E-state index >= 15 is 0 Å². The van der Waals surface area contributed by atoms with Gasteiger partial charge in [0.15, 0.2) is 21.6 Å². The highest BCUT2D eigenvalue weighted by Crippen LogP contribution is 2.40. The third-order valence-corrected chi connectivity index (χ3v) is 8.03. The van der Waals surface area contributed by atoms with Crippen LogP contribution in [0.15, 0.2) is 53.5 Å². The average molecular weight is 455 g/mol. The summed E-state index contributed by atoms with van der Waals surface area (Å²) in [7, 11) is -3.17. The summed E-state index contributed by atoms with van der Waals surface area (Å²) in [4.78, 5) is 18.2. The first-order valence-electron chi connectivity index (χ1n) is 8.72. The molecule has 10 heteroatoms. The molecular weight excluding hydrogens is 439 g/mol. The number of carbonyl (C=O) groups is 1. The first kappa shape index (κ1) is 20.2. The molecule has 6 nitrogen and oxygen atoms in total. The van der Waals surface area contributed by atoms with Crippen LogP contribution in [-0.2, 0) is 14.6 Å². The molecule has 0 unspecified atom stereocenters. The number of aliphatic imine (C=N–C) groups is 1. The summed E-state index contributed by atoms with van der Waals surface area (Å²) in [5.74, 6) is -0.426. The van der Waals surface area contributed by atoms with Crippen molar-refractivity contribution in [2.24, 2.45) is 4.99 Å². The van der Waals surface area contributed by atoms with E-state index in [1.165, 1.54) is 23.9 Å². The van der Waals surface area contributed by atoms with Gasteiger partial charge >= 0.3 is 0 Å². The predicted octanol–water partition coefficient (Wildman–Crippen LogP) is 3.16. The minimum absolute atomic E-state index is 0.0223. The summed E-state index contributed by atoms with van der Waals surface area (Å²) in [5.41, 5.74) is 0.591. The summed E-state index contributed by atoms with van der Waals surface area (Å²) in [5, 5.41) is 0.725. The molecule has 0 bridgehead atoms. The van der Waals surface area contributed by atoms with Gasteiger partial charge in [0.05, 0.1) is 17.5 Å². The summed E-state index contributed by atoms with van der Waals surface area (Å²) in [6.45, 7) is -0.267. The molecule has 2 aromatic carbocycles. The standard InChI is InChI=1S/C19H16ClFN2O4S2/c20-12-1-7-15(8-2-12)27-9-18(24)22-19-23(14-5-3-13(21)4-6-14)16-10-29(25,26)11-17(16)28-19/h1-8,16-17H,9-11H2/t16-,17-/m0/s1. The second kappa shape index (κ2) is 7.97. The number of nitrogens with zero attached hydrogens (tertiary/aromatic N) is 2. The van der Waals surface area contributed by atoms with Crippen LogP contribution in [0.3, 0.4) is 0 Å². The van der Waals surface area contributed by atoms with Gasteiger partial charge in [0, 0.05) is 16.0 Å². The minimum Gasteiger partial charge on any atom is -0.484 e. The zero-order chi connectivity index (χ0) is 20.6. The molecule has 2 fully saturated rings. The Hall–Kier alpha value is -2.10. The highest BCUT2D eigenvalue weighted by atomic mass is 35.5. The molecule has 2 aromatic rings. The Morgan fingerprint density at radius 1 is 1.17 bits per heavy atom. The number of benzene rings is 2. The first-order valence-corrected chi connectivity index (χ1v) is 11.8. The van der Waals surface area contributed by atoms with E-state index in [2.05, 4.69) is 4.99 Å². The summed E-state index contributed by atoms with van der Waals surface area (Å²) >= 11 is 7.07. The number of anilines is 1. The molecule has 0 spiro atoms. The van der Waals surface area contributed by atoms with Gasteiger partial charge in [-0.15, -0.1) is 0 Å². The molecular formula is C19H16ClFN2O4S2. The van der Waals surface area contributed by atoms with Crippen LogP contribution in [0.1, 0.15) is 0 Å². The monoisotopic (exact) mass is 454 g/mol. The van der Waals surface area contributed by atoms with Gasteiger partial charge in [-0.1, -0.05) is 23.4 Å². The molecule has 0 aliphatic carbocycles. The third kappa shape index (κ3) is 4.57. The van der Waals surface area contributed by atoms with Gasteiger partial charge in [-0.05, 0) is 48.5 Å². The highest BCUT2D eigenvalue weighted by molar-refractivity contribution is 8.16. The number of carbonyl (C=O) groups excluding carboxylic acids is 1.